The molecule has 19 heavy (non-hydrogen) atoms. The number of carbonyl (C=O) groups is 2. The number of hydrogen-bond donors (Lipinski definition) is 3. The number of rotatable bonds is 3. The van der Waals surface area contributed by atoms with Crippen LogP contribution >= 0.6 is 0 Å². The Kier molecular flexibility index (Phi) is 5.17. The van der Waals surface area contributed by atoms with Crippen molar-refractivity contribution < 1.29 is 19.8 Å². The van der Waals surface area contributed by atoms with Crippen LogP contribution in [0.25, 0.3) is 0 Å². The lowest BCUT2D eigenvalue weighted by Gasteiger charge is -2.35. The number of likely N-dealkylation sites (tertiary alicyclic amines) is 1. The van der Waals surface area contributed by atoms with E-state index in [0.717, 1.165) is 6.42 Å². The average Bonchev–Trinajstić information content (AvgIpc) is 2.26. The number of carbonyl (C=O) groups excluding carboxylic acids is 1. The minimum Gasteiger partial charge on any atom is -0.481 e. The van der Waals surface area contributed by atoms with Gasteiger partial charge in [0.05, 0.1) is 12.5 Å². The Morgan fingerprint density at radius 1 is 1.42 bits per heavy atom. The highest BCUT2D eigenvalue weighted by molar-refractivity contribution is 5.76. The van der Waals surface area contributed by atoms with Crippen molar-refractivity contribution >= 4 is 12.0 Å². The van der Waals surface area contributed by atoms with Crippen LogP contribution in [0, 0.1) is 5.41 Å². The third-order valence-corrected chi connectivity index (χ3v) is 3.41. The molecule has 1 aliphatic rings. The Morgan fingerprint density at radius 2 is 2.05 bits per heavy atom. The molecule has 2 amide bonds. The van der Waals surface area contributed by atoms with Gasteiger partial charge in [-0.2, -0.15) is 0 Å². The Labute approximate surface area is 113 Å². The van der Waals surface area contributed by atoms with Crippen molar-refractivity contribution in [3.8, 4) is 0 Å². The largest absolute Gasteiger partial charge is 0.481 e. The molecule has 0 saturated carbocycles. The molecule has 0 spiro atoms. The van der Waals surface area contributed by atoms with Crippen molar-refractivity contribution in [1.82, 2.24) is 10.2 Å². The topological polar surface area (TPSA) is 89.9 Å². The molecule has 1 heterocycles. The molecule has 1 rings (SSSR count). The number of hydrogen-bond acceptors (Lipinski definition) is 3. The van der Waals surface area contributed by atoms with Crippen LogP contribution in [0.1, 0.15) is 40.0 Å². The van der Waals surface area contributed by atoms with Crippen LogP contribution in [-0.2, 0) is 4.79 Å². The summed E-state index contributed by atoms with van der Waals surface area (Å²) >= 11 is 0. The molecule has 6 heteroatoms. The Bertz CT molecular complexity index is 338. The maximum atomic E-state index is 12.1. The fourth-order valence-corrected chi connectivity index (χ4v) is 2.13. The number of urea groups is 1. The third-order valence-electron chi connectivity index (χ3n) is 3.41. The Morgan fingerprint density at radius 3 is 2.53 bits per heavy atom. The lowest BCUT2D eigenvalue weighted by molar-refractivity contribution is -0.138. The van der Waals surface area contributed by atoms with E-state index in [-0.39, 0.29) is 17.9 Å². The molecule has 110 valence electrons. The normalized spacial score (nSPS) is 21.9. The summed E-state index contributed by atoms with van der Waals surface area (Å²) in [6, 6.07) is -0.725. The van der Waals surface area contributed by atoms with E-state index >= 15 is 0 Å². The number of piperidine rings is 1. The van der Waals surface area contributed by atoms with E-state index in [1.165, 1.54) is 0 Å². The number of β-amino-alcohol motifs (C(OH)–C–C–N with tert-alkyl or cyclic N) is 1. The molecule has 0 radical (unpaired) electrons. The molecule has 0 aromatic heterocycles. The molecule has 2 unspecified atom stereocenters. The smallest absolute Gasteiger partial charge is 0.317 e. The summed E-state index contributed by atoms with van der Waals surface area (Å²) in [6.45, 7) is 6.60. The number of nitrogens with one attached hydrogen (secondary N) is 1. The predicted molar refractivity (Wildman–Crippen MR) is 70.8 cm³/mol. The van der Waals surface area contributed by atoms with Gasteiger partial charge in [-0.25, -0.2) is 4.79 Å². The monoisotopic (exact) mass is 272 g/mol. The molecule has 3 N–H and O–H groups in total. The summed E-state index contributed by atoms with van der Waals surface area (Å²) in [5, 5.41) is 21.2. The van der Waals surface area contributed by atoms with Crippen LogP contribution in [0.2, 0.25) is 0 Å². The second-order valence-corrected chi connectivity index (χ2v) is 6.21. The molecule has 1 fully saturated rings. The quantitative estimate of drug-likeness (QED) is 0.716. The lowest BCUT2D eigenvalue weighted by atomic mass is 9.85. The highest BCUT2D eigenvalue weighted by Crippen LogP contribution is 2.22. The highest BCUT2D eigenvalue weighted by Gasteiger charge is 2.31. The van der Waals surface area contributed by atoms with E-state index in [0.29, 0.717) is 19.5 Å². The molecule has 0 aromatic carbocycles. The minimum atomic E-state index is -0.932. The van der Waals surface area contributed by atoms with E-state index in [2.05, 4.69) is 5.32 Å². The first-order chi connectivity index (χ1) is 8.70. The highest BCUT2D eigenvalue weighted by atomic mass is 16.4. The third kappa shape index (κ3) is 5.06. The van der Waals surface area contributed by atoms with E-state index < -0.39 is 18.1 Å². The van der Waals surface area contributed by atoms with Crippen LogP contribution in [0.15, 0.2) is 0 Å². The van der Waals surface area contributed by atoms with Crippen LogP contribution in [0.3, 0.4) is 0 Å². The Balaban J connectivity index is 2.62. The van der Waals surface area contributed by atoms with E-state index in [4.69, 9.17) is 5.11 Å². The van der Waals surface area contributed by atoms with E-state index in [1.54, 1.807) is 4.90 Å². The van der Waals surface area contributed by atoms with Crippen LogP contribution in [0.4, 0.5) is 4.79 Å². The molecular weight excluding hydrogens is 248 g/mol. The lowest BCUT2D eigenvalue weighted by Crippen LogP contribution is -2.53. The summed E-state index contributed by atoms with van der Waals surface area (Å²) in [6.07, 6.45) is 0.896. The molecule has 1 aliphatic heterocycles. The molecule has 1 saturated heterocycles. The SMILES string of the molecule is CC(C)(C)C(CC(=O)O)NC(=O)N1CCCC(O)C1. The number of aliphatic hydroxyl groups is 1. The summed E-state index contributed by atoms with van der Waals surface area (Å²) in [5.74, 6) is -0.932. The van der Waals surface area contributed by atoms with Gasteiger partial charge in [0.25, 0.3) is 0 Å². The zero-order valence-electron chi connectivity index (χ0n) is 11.8. The van der Waals surface area contributed by atoms with Gasteiger partial charge in [-0.1, -0.05) is 20.8 Å². The van der Waals surface area contributed by atoms with Gasteiger partial charge in [0.15, 0.2) is 0 Å². The standard InChI is InChI=1S/C13H24N2O4/c1-13(2,3)10(7-11(17)18)14-12(19)15-6-4-5-9(16)8-15/h9-10,16H,4-8H2,1-3H3,(H,14,19)(H,17,18). The van der Waals surface area contributed by atoms with Gasteiger partial charge in [0.1, 0.15) is 0 Å². The molecule has 2 atom stereocenters. The zero-order valence-corrected chi connectivity index (χ0v) is 11.8. The van der Waals surface area contributed by atoms with Crippen LogP contribution in [0.5, 0.6) is 0 Å². The van der Waals surface area contributed by atoms with Gasteiger partial charge < -0.3 is 20.4 Å². The summed E-state index contributed by atoms with van der Waals surface area (Å²) < 4.78 is 0. The number of carboxylic acids is 1. The van der Waals surface area contributed by atoms with Crippen molar-refractivity contribution in [1.29, 1.82) is 0 Å². The van der Waals surface area contributed by atoms with Crippen molar-refractivity contribution in [2.75, 3.05) is 13.1 Å². The van der Waals surface area contributed by atoms with Crippen molar-refractivity contribution in [3.63, 3.8) is 0 Å². The summed E-state index contributed by atoms with van der Waals surface area (Å²) in [7, 11) is 0. The zero-order chi connectivity index (χ0) is 14.6. The van der Waals surface area contributed by atoms with Gasteiger partial charge >= 0.3 is 12.0 Å². The van der Waals surface area contributed by atoms with Crippen molar-refractivity contribution in [2.45, 2.75) is 52.2 Å². The maximum Gasteiger partial charge on any atom is 0.317 e. The second kappa shape index (κ2) is 6.23. The van der Waals surface area contributed by atoms with Gasteiger partial charge in [-0.15, -0.1) is 0 Å². The number of nitrogens with zero attached hydrogens (tertiary/aromatic N) is 1. The minimum absolute atomic E-state index is 0.106. The maximum absolute atomic E-state index is 12.1. The first-order valence-corrected chi connectivity index (χ1v) is 6.65. The van der Waals surface area contributed by atoms with Gasteiger partial charge in [0, 0.05) is 19.1 Å². The fourth-order valence-electron chi connectivity index (χ4n) is 2.13. The van der Waals surface area contributed by atoms with Gasteiger partial charge in [-0.3, -0.25) is 4.79 Å². The number of carboxylic acid groups (broad SMARTS) is 1. The number of aliphatic carboxylic acids is 1. The first kappa shape index (κ1) is 15.8. The van der Waals surface area contributed by atoms with Crippen molar-refractivity contribution in [3.05, 3.63) is 0 Å². The molecule has 0 aliphatic carbocycles. The van der Waals surface area contributed by atoms with Gasteiger partial charge in [-0.05, 0) is 18.3 Å². The molecule has 0 aromatic rings. The van der Waals surface area contributed by atoms with Gasteiger partial charge in [0.2, 0.25) is 0 Å². The fraction of sp³-hybridized carbons (Fsp3) is 0.846. The molecule has 0 bridgehead atoms. The van der Waals surface area contributed by atoms with Crippen LogP contribution < -0.4 is 5.32 Å². The summed E-state index contributed by atoms with van der Waals surface area (Å²) in [5.41, 5.74) is -0.331. The summed E-state index contributed by atoms with van der Waals surface area (Å²) in [4.78, 5) is 24.5. The molecular formula is C13H24N2O4. The number of aliphatic hydroxyl groups excluding tert-OH is 1. The van der Waals surface area contributed by atoms with Crippen LogP contribution in [-0.4, -0.2) is 52.3 Å². The second-order valence-electron chi connectivity index (χ2n) is 6.21. The first-order valence-electron chi connectivity index (χ1n) is 6.65. The van der Waals surface area contributed by atoms with E-state index in [1.807, 2.05) is 20.8 Å². The van der Waals surface area contributed by atoms with Crippen molar-refractivity contribution in [2.24, 2.45) is 5.41 Å². The predicted octanol–water partition coefficient (Wildman–Crippen LogP) is 1.04. The number of amides is 2. The van der Waals surface area contributed by atoms with E-state index in [9.17, 15) is 14.7 Å². The Hall–Kier alpha value is -1.30. The molecule has 6 nitrogen and oxygen atoms in total. The average molecular weight is 272 g/mol.